The van der Waals surface area contributed by atoms with Crippen molar-refractivity contribution in [1.29, 1.82) is 0 Å². The van der Waals surface area contributed by atoms with Crippen LogP contribution in [-0.4, -0.2) is 18.2 Å². The SMILES string of the molecule is COc1cc(F)ccc1NC(=O)Cc1ccc(OCc2c(C)noc2C)cc1. The van der Waals surface area contributed by atoms with E-state index in [9.17, 15) is 9.18 Å². The molecule has 28 heavy (non-hydrogen) atoms. The maximum absolute atomic E-state index is 13.2. The Hall–Kier alpha value is -3.35. The number of nitrogens with zero attached hydrogens (tertiary/aromatic N) is 1. The monoisotopic (exact) mass is 384 g/mol. The number of nitrogens with one attached hydrogen (secondary N) is 1. The first-order valence-corrected chi connectivity index (χ1v) is 8.73. The zero-order valence-corrected chi connectivity index (χ0v) is 15.9. The van der Waals surface area contributed by atoms with Crippen LogP contribution in [0.1, 0.15) is 22.6 Å². The second kappa shape index (κ2) is 8.56. The summed E-state index contributed by atoms with van der Waals surface area (Å²) in [5.74, 6) is 1.04. The van der Waals surface area contributed by atoms with Gasteiger partial charge in [-0.05, 0) is 43.7 Å². The molecule has 0 saturated carbocycles. The van der Waals surface area contributed by atoms with Gasteiger partial charge < -0.3 is 19.3 Å². The fraction of sp³-hybridized carbons (Fsp3) is 0.238. The van der Waals surface area contributed by atoms with E-state index in [2.05, 4.69) is 10.5 Å². The Morgan fingerprint density at radius 1 is 1.18 bits per heavy atom. The van der Waals surface area contributed by atoms with E-state index in [0.29, 0.717) is 18.0 Å². The summed E-state index contributed by atoms with van der Waals surface area (Å²) in [5, 5.41) is 6.63. The highest BCUT2D eigenvalue weighted by Gasteiger charge is 2.11. The highest BCUT2D eigenvalue weighted by molar-refractivity contribution is 5.93. The number of rotatable bonds is 7. The van der Waals surface area contributed by atoms with Crippen LogP contribution in [0, 0.1) is 19.7 Å². The van der Waals surface area contributed by atoms with E-state index in [1.165, 1.54) is 25.3 Å². The maximum atomic E-state index is 13.2. The summed E-state index contributed by atoms with van der Waals surface area (Å²) in [6.07, 6.45) is 0.171. The Bertz CT molecular complexity index is 948. The molecule has 0 unspecified atom stereocenters. The Kier molecular flexibility index (Phi) is 5.93. The largest absolute Gasteiger partial charge is 0.494 e. The molecule has 0 spiro atoms. The van der Waals surface area contributed by atoms with Crippen LogP contribution in [0.15, 0.2) is 47.0 Å². The average Bonchev–Trinajstić information content (AvgIpc) is 3.00. The van der Waals surface area contributed by atoms with E-state index >= 15 is 0 Å². The summed E-state index contributed by atoms with van der Waals surface area (Å²) < 4.78 is 29.2. The molecule has 0 aliphatic carbocycles. The first-order valence-electron chi connectivity index (χ1n) is 8.73. The standard InChI is InChI=1S/C21H21FN2O4/c1-13-18(14(2)28-24-13)12-27-17-7-4-15(5-8-17)10-21(25)23-19-9-6-16(22)11-20(19)26-3/h4-9,11H,10,12H2,1-3H3,(H,23,25). The van der Waals surface area contributed by atoms with Crippen LogP contribution < -0.4 is 14.8 Å². The first kappa shape index (κ1) is 19.4. The molecule has 0 bridgehead atoms. The predicted molar refractivity (Wildman–Crippen MR) is 102 cm³/mol. The maximum Gasteiger partial charge on any atom is 0.228 e. The van der Waals surface area contributed by atoms with Gasteiger partial charge in [-0.25, -0.2) is 4.39 Å². The van der Waals surface area contributed by atoms with Crippen LogP contribution in [0.2, 0.25) is 0 Å². The summed E-state index contributed by atoms with van der Waals surface area (Å²) in [5.41, 5.74) is 2.98. The second-order valence-electron chi connectivity index (χ2n) is 6.30. The van der Waals surface area contributed by atoms with E-state index in [4.69, 9.17) is 14.0 Å². The molecule has 1 heterocycles. The van der Waals surface area contributed by atoms with Gasteiger partial charge in [-0.15, -0.1) is 0 Å². The molecule has 0 saturated heterocycles. The van der Waals surface area contributed by atoms with Crippen molar-refractivity contribution in [2.45, 2.75) is 26.9 Å². The van der Waals surface area contributed by atoms with Gasteiger partial charge in [0.15, 0.2) is 0 Å². The number of aromatic nitrogens is 1. The van der Waals surface area contributed by atoms with E-state index < -0.39 is 5.82 Å². The lowest BCUT2D eigenvalue weighted by Crippen LogP contribution is -2.15. The molecule has 3 aromatic rings. The number of ether oxygens (including phenoxy) is 2. The molecule has 0 radical (unpaired) electrons. The lowest BCUT2D eigenvalue weighted by atomic mass is 10.1. The number of amides is 1. The zero-order valence-electron chi connectivity index (χ0n) is 15.9. The van der Waals surface area contributed by atoms with Crippen LogP contribution in [0.3, 0.4) is 0 Å². The number of hydrogen-bond acceptors (Lipinski definition) is 5. The molecule has 3 rings (SSSR count). The zero-order chi connectivity index (χ0) is 20.1. The van der Waals surface area contributed by atoms with E-state index in [1.807, 2.05) is 26.0 Å². The summed E-state index contributed by atoms with van der Waals surface area (Å²) in [7, 11) is 1.42. The third-order valence-electron chi connectivity index (χ3n) is 4.29. The minimum absolute atomic E-state index is 0.171. The highest BCUT2D eigenvalue weighted by Crippen LogP contribution is 2.25. The molecule has 0 fully saturated rings. The van der Waals surface area contributed by atoms with Crippen LogP contribution in [-0.2, 0) is 17.8 Å². The normalized spacial score (nSPS) is 10.6. The van der Waals surface area contributed by atoms with Gasteiger partial charge in [-0.3, -0.25) is 4.79 Å². The van der Waals surface area contributed by atoms with Crippen molar-refractivity contribution in [2.24, 2.45) is 0 Å². The minimum Gasteiger partial charge on any atom is -0.494 e. The van der Waals surface area contributed by atoms with Gasteiger partial charge in [0.25, 0.3) is 0 Å². The van der Waals surface area contributed by atoms with Crippen molar-refractivity contribution >= 4 is 11.6 Å². The molecular formula is C21H21FN2O4. The number of carbonyl (C=O) groups is 1. The van der Waals surface area contributed by atoms with Crippen LogP contribution in [0.4, 0.5) is 10.1 Å². The number of aryl methyl sites for hydroxylation is 2. The van der Waals surface area contributed by atoms with Gasteiger partial charge in [-0.2, -0.15) is 0 Å². The Labute approximate surface area is 162 Å². The van der Waals surface area contributed by atoms with Gasteiger partial charge in [0.2, 0.25) is 5.91 Å². The number of carbonyl (C=O) groups excluding carboxylic acids is 1. The summed E-state index contributed by atoms with van der Waals surface area (Å²) in [4.78, 5) is 12.3. The smallest absolute Gasteiger partial charge is 0.228 e. The van der Waals surface area contributed by atoms with Gasteiger partial charge >= 0.3 is 0 Å². The lowest BCUT2D eigenvalue weighted by molar-refractivity contribution is -0.115. The van der Waals surface area contributed by atoms with Gasteiger partial charge in [0, 0.05) is 6.07 Å². The molecule has 7 heteroatoms. The lowest BCUT2D eigenvalue weighted by Gasteiger charge is -2.11. The summed E-state index contributed by atoms with van der Waals surface area (Å²) >= 11 is 0. The number of anilines is 1. The Morgan fingerprint density at radius 3 is 2.57 bits per heavy atom. The number of benzene rings is 2. The number of methoxy groups -OCH3 is 1. The fourth-order valence-electron chi connectivity index (χ4n) is 2.72. The molecule has 1 aromatic heterocycles. The molecule has 6 nitrogen and oxygen atoms in total. The third kappa shape index (κ3) is 4.68. The summed E-state index contributed by atoms with van der Waals surface area (Å²) in [6, 6.07) is 11.2. The third-order valence-corrected chi connectivity index (χ3v) is 4.29. The Balaban J connectivity index is 1.57. The van der Waals surface area contributed by atoms with Crippen molar-refractivity contribution in [3.05, 3.63) is 70.9 Å². The molecule has 0 aliphatic heterocycles. The molecule has 146 valence electrons. The van der Waals surface area contributed by atoms with Gasteiger partial charge in [0.1, 0.15) is 29.7 Å². The van der Waals surface area contributed by atoms with E-state index in [0.717, 1.165) is 22.6 Å². The van der Waals surface area contributed by atoms with E-state index in [1.54, 1.807) is 12.1 Å². The highest BCUT2D eigenvalue weighted by atomic mass is 19.1. The fourth-order valence-corrected chi connectivity index (χ4v) is 2.72. The molecular weight excluding hydrogens is 363 g/mol. The second-order valence-corrected chi connectivity index (χ2v) is 6.30. The van der Waals surface area contributed by atoms with Gasteiger partial charge in [-0.1, -0.05) is 17.3 Å². The van der Waals surface area contributed by atoms with Crippen molar-refractivity contribution in [3.63, 3.8) is 0 Å². The van der Waals surface area contributed by atoms with Crippen molar-refractivity contribution in [1.82, 2.24) is 5.16 Å². The van der Waals surface area contributed by atoms with E-state index in [-0.39, 0.29) is 18.1 Å². The molecule has 0 atom stereocenters. The van der Waals surface area contributed by atoms with Gasteiger partial charge in [0.05, 0.1) is 30.5 Å². The molecule has 1 amide bonds. The van der Waals surface area contributed by atoms with Crippen LogP contribution in [0.25, 0.3) is 0 Å². The van der Waals surface area contributed by atoms with Crippen molar-refractivity contribution in [3.8, 4) is 11.5 Å². The topological polar surface area (TPSA) is 73.6 Å². The number of hydrogen-bond donors (Lipinski definition) is 1. The molecule has 0 aliphatic rings. The predicted octanol–water partition coefficient (Wildman–Crippen LogP) is 4.20. The molecule has 2 aromatic carbocycles. The summed E-state index contributed by atoms with van der Waals surface area (Å²) in [6.45, 7) is 4.08. The van der Waals surface area contributed by atoms with Crippen LogP contribution >= 0.6 is 0 Å². The number of halogens is 1. The average molecular weight is 384 g/mol. The van der Waals surface area contributed by atoms with Crippen molar-refractivity contribution in [2.75, 3.05) is 12.4 Å². The first-order chi connectivity index (χ1) is 13.5. The minimum atomic E-state index is -0.429. The van der Waals surface area contributed by atoms with Crippen molar-refractivity contribution < 1.29 is 23.2 Å². The molecule has 1 N–H and O–H groups in total. The quantitative estimate of drug-likeness (QED) is 0.661. The van der Waals surface area contributed by atoms with Crippen LogP contribution in [0.5, 0.6) is 11.5 Å². The Morgan fingerprint density at radius 2 is 1.93 bits per heavy atom.